The van der Waals surface area contributed by atoms with E-state index in [4.69, 9.17) is 46.4 Å². The fourth-order valence-corrected chi connectivity index (χ4v) is 1.43. The molecule has 0 fully saturated rings. The van der Waals surface area contributed by atoms with Crippen molar-refractivity contribution in [1.82, 2.24) is 15.0 Å². The fourth-order valence-electron chi connectivity index (χ4n) is 0.675. The molecule has 0 bridgehead atoms. The largest absolute Gasteiger partial charge is 0.212 e. The maximum atomic E-state index is 5.63. The Morgan fingerprint density at radius 2 is 1.36 bits per heavy atom. The van der Waals surface area contributed by atoms with E-state index in [0.717, 1.165) is 0 Å². The van der Waals surface area contributed by atoms with Gasteiger partial charge in [0.15, 0.2) is 26.5 Å². The van der Waals surface area contributed by atoms with Gasteiger partial charge < -0.3 is 0 Å². The molecule has 0 unspecified atom stereocenters. The van der Waals surface area contributed by atoms with E-state index in [9.17, 15) is 0 Å². The van der Waals surface area contributed by atoms with Crippen LogP contribution in [0.5, 0.6) is 0 Å². The van der Waals surface area contributed by atoms with E-state index in [1.165, 1.54) is 11.8 Å². The van der Waals surface area contributed by atoms with Crippen LogP contribution in [0.4, 0.5) is 0 Å². The van der Waals surface area contributed by atoms with E-state index in [1.54, 1.807) is 0 Å². The maximum Gasteiger partial charge on any atom is 0.190 e. The summed E-state index contributed by atoms with van der Waals surface area (Å²) >= 11 is 23.8. The molecule has 0 radical (unpaired) electrons. The minimum absolute atomic E-state index is 0.258. The molecule has 0 aliphatic carbocycles. The second-order valence-corrected chi connectivity index (χ2v) is 5.11. The van der Waals surface area contributed by atoms with Gasteiger partial charge in [0.2, 0.25) is 0 Å². The lowest BCUT2D eigenvalue weighted by Crippen LogP contribution is -2.04. The third-order valence-corrected chi connectivity index (χ3v) is 2.55. The van der Waals surface area contributed by atoms with Gasteiger partial charge in [0, 0.05) is 0 Å². The molecular weight excluding hydrogens is 288 g/mol. The van der Waals surface area contributed by atoms with Crippen molar-refractivity contribution in [3.05, 3.63) is 11.6 Å². The van der Waals surface area contributed by atoms with E-state index in [2.05, 4.69) is 15.0 Å². The van der Waals surface area contributed by atoms with Crippen molar-refractivity contribution >= 4 is 58.2 Å². The van der Waals surface area contributed by atoms with Crippen molar-refractivity contribution in [2.24, 2.45) is 0 Å². The average molecular weight is 293 g/mol. The SMILES string of the molecule is CSc1nc(C(Cl)Cl)nc(C(Cl)Cl)n1. The Bertz CT molecular complexity index is 294. The van der Waals surface area contributed by atoms with Gasteiger partial charge in [0.05, 0.1) is 0 Å². The fraction of sp³-hybridized carbons (Fsp3) is 0.500. The maximum absolute atomic E-state index is 5.63. The Hall–Kier alpha value is 0.520. The van der Waals surface area contributed by atoms with E-state index >= 15 is 0 Å². The van der Waals surface area contributed by atoms with Gasteiger partial charge in [-0.1, -0.05) is 58.2 Å². The molecule has 0 saturated heterocycles. The van der Waals surface area contributed by atoms with E-state index < -0.39 is 9.67 Å². The molecule has 1 heterocycles. The van der Waals surface area contributed by atoms with Crippen LogP contribution >= 0.6 is 58.2 Å². The van der Waals surface area contributed by atoms with Gasteiger partial charge in [0.1, 0.15) is 0 Å². The number of alkyl halides is 4. The van der Waals surface area contributed by atoms with Gasteiger partial charge >= 0.3 is 0 Å². The highest BCUT2D eigenvalue weighted by Crippen LogP contribution is 2.27. The number of aromatic nitrogens is 3. The van der Waals surface area contributed by atoms with Crippen LogP contribution in [0.25, 0.3) is 0 Å². The van der Waals surface area contributed by atoms with Crippen molar-refractivity contribution in [2.45, 2.75) is 14.8 Å². The number of nitrogens with zero attached hydrogens (tertiary/aromatic N) is 3. The van der Waals surface area contributed by atoms with E-state index in [-0.39, 0.29) is 11.6 Å². The van der Waals surface area contributed by atoms with E-state index in [1.807, 2.05) is 6.26 Å². The van der Waals surface area contributed by atoms with Crippen molar-refractivity contribution < 1.29 is 0 Å². The third-order valence-electron chi connectivity index (χ3n) is 1.22. The van der Waals surface area contributed by atoms with Crippen LogP contribution < -0.4 is 0 Å². The molecule has 1 aromatic heterocycles. The molecule has 1 aromatic rings. The van der Waals surface area contributed by atoms with Crippen molar-refractivity contribution in [1.29, 1.82) is 0 Å². The Morgan fingerprint density at radius 3 is 1.64 bits per heavy atom. The van der Waals surface area contributed by atoms with Crippen LogP contribution in [0.2, 0.25) is 0 Å². The molecule has 8 heteroatoms. The average Bonchev–Trinajstić information content (AvgIpc) is 2.16. The summed E-state index contributed by atoms with van der Waals surface area (Å²) in [5.41, 5.74) is 0. The standard InChI is InChI=1S/C6H5Cl4N3S/c1-14-6-12-4(2(7)8)11-5(13-6)3(9)10/h2-3H,1H3. The third kappa shape index (κ3) is 3.28. The van der Waals surface area contributed by atoms with Gasteiger partial charge in [-0.15, -0.1) is 0 Å². The van der Waals surface area contributed by atoms with Crippen LogP contribution in [-0.2, 0) is 0 Å². The van der Waals surface area contributed by atoms with Gasteiger partial charge in [-0.3, -0.25) is 0 Å². The second kappa shape index (κ2) is 5.56. The highest BCUT2D eigenvalue weighted by atomic mass is 35.5. The first-order valence-corrected chi connectivity index (χ1v) is 6.37. The highest BCUT2D eigenvalue weighted by Gasteiger charge is 2.15. The minimum Gasteiger partial charge on any atom is -0.212 e. The van der Waals surface area contributed by atoms with Crippen molar-refractivity contribution in [3.8, 4) is 0 Å². The predicted molar refractivity (Wildman–Crippen MR) is 60.5 cm³/mol. The molecule has 0 amide bonds. The summed E-state index contributed by atoms with van der Waals surface area (Å²) in [7, 11) is 0. The molecule has 0 aromatic carbocycles. The molecule has 0 aliphatic heterocycles. The zero-order valence-corrected chi connectivity index (χ0v) is 10.8. The summed E-state index contributed by atoms with van der Waals surface area (Å²) in [6.07, 6.45) is 1.82. The number of rotatable bonds is 3. The lowest BCUT2D eigenvalue weighted by atomic mass is 10.6. The molecule has 0 N–H and O–H groups in total. The smallest absolute Gasteiger partial charge is 0.190 e. The Kier molecular flexibility index (Phi) is 5.00. The Morgan fingerprint density at radius 1 is 0.929 bits per heavy atom. The molecule has 1 rings (SSSR count). The normalized spacial score (nSPS) is 11.4. The molecule has 0 saturated carbocycles. The van der Waals surface area contributed by atoms with Crippen LogP contribution in [0.3, 0.4) is 0 Å². The zero-order chi connectivity index (χ0) is 10.7. The quantitative estimate of drug-likeness (QED) is 0.631. The van der Waals surface area contributed by atoms with E-state index in [0.29, 0.717) is 5.16 Å². The topological polar surface area (TPSA) is 38.7 Å². The molecule has 0 aliphatic rings. The monoisotopic (exact) mass is 291 g/mol. The number of hydrogen-bond acceptors (Lipinski definition) is 4. The summed E-state index contributed by atoms with van der Waals surface area (Å²) in [6.45, 7) is 0. The number of hydrogen-bond donors (Lipinski definition) is 0. The van der Waals surface area contributed by atoms with Gasteiger partial charge in [0.25, 0.3) is 0 Å². The Labute approximate surface area is 106 Å². The predicted octanol–water partition coefficient (Wildman–Crippen LogP) is 3.55. The molecule has 0 atom stereocenters. The van der Waals surface area contributed by atoms with Gasteiger partial charge in [-0.25, -0.2) is 15.0 Å². The van der Waals surface area contributed by atoms with Crippen LogP contribution in [0, 0.1) is 0 Å². The molecule has 14 heavy (non-hydrogen) atoms. The summed E-state index contributed by atoms with van der Waals surface area (Å²) in [6, 6.07) is 0. The van der Waals surface area contributed by atoms with Crippen molar-refractivity contribution in [2.75, 3.05) is 6.26 Å². The first-order valence-electron chi connectivity index (χ1n) is 3.40. The Balaban J connectivity index is 3.13. The summed E-state index contributed by atoms with van der Waals surface area (Å²) in [4.78, 5) is 10.3. The summed E-state index contributed by atoms with van der Waals surface area (Å²) in [5.74, 6) is 0.517. The summed E-state index contributed by atoms with van der Waals surface area (Å²) < 4.78 is 0. The van der Waals surface area contributed by atoms with Crippen LogP contribution in [-0.4, -0.2) is 21.2 Å². The van der Waals surface area contributed by atoms with Gasteiger partial charge in [-0.05, 0) is 6.26 Å². The zero-order valence-electron chi connectivity index (χ0n) is 6.92. The van der Waals surface area contributed by atoms with Gasteiger partial charge in [-0.2, -0.15) is 0 Å². The highest BCUT2D eigenvalue weighted by molar-refractivity contribution is 7.98. The van der Waals surface area contributed by atoms with Crippen molar-refractivity contribution in [3.63, 3.8) is 0 Å². The van der Waals surface area contributed by atoms with Crippen LogP contribution in [0.1, 0.15) is 21.3 Å². The number of thioether (sulfide) groups is 1. The molecular formula is C6H5Cl4N3S. The minimum atomic E-state index is -0.810. The summed E-state index contributed by atoms with van der Waals surface area (Å²) in [5, 5.41) is 0.489. The number of halogens is 4. The second-order valence-electron chi connectivity index (χ2n) is 2.14. The first-order chi connectivity index (χ1) is 6.54. The molecule has 0 spiro atoms. The van der Waals surface area contributed by atoms with Crippen LogP contribution in [0.15, 0.2) is 5.16 Å². The first kappa shape index (κ1) is 12.6. The lowest BCUT2D eigenvalue weighted by Gasteiger charge is -2.05. The molecule has 78 valence electrons. The molecule has 3 nitrogen and oxygen atoms in total. The lowest BCUT2D eigenvalue weighted by molar-refractivity contribution is 0.795.